The van der Waals surface area contributed by atoms with Crippen molar-refractivity contribution in [3.63, 3.8) is 0 Å². The zero-order valence-electron chi connectivity index (χ0n) is 15.6. The van der Waals surface area contributed by atoms with Crippen molar-refractivity contribution in [1.29, 1.82) is 0 Å². The molecule has 0 heterocycles. The average molecular weight is 422 g/mol. The lowest BCUT2D eigenvalue weighted by atomic mass is 9.91. The summed E-state index contributed by atoms with van der Waals surface area (Å²) in [5.74, 6) is 3.18. The molecule has 0 spiro atoms. The second-order valence-electron chi connectivity index (χ2n) is 7.06. The van der Waals surface area contributed by atoms with Gasteiger partial charge in [-0.05, 0) is 43.5 Å². The molecule has 1 aliphatic carbocycles. The monoisotopic (exact) mass is 421 g/mol. The summed E-state index contributed by atoms with van der Waals surface area (Å²) in [5, 5.41) is 13.0. The number of anilines is 1. The van der Waals surface area contributed by atoms with Crippen molar-refractivity contribution >= 4 is 23.2 Å². The quantitative estimate of drug-likeness (QED) is 0.663. The molecule has 2 N–H and O–H groups in total. The van der Waals surface area contributed by atoms with Crippen molar-refractivity contribution in [2.75, 3.05) is 5.32 Å². The van der Waals surface area contributed by atoms with Crippen molar-refractivity contribution < 1.29 is 23.1 Å². The SMILES string of the molecule is CC(C(=O)Nc1ccc(Cl)cc1[C@@](O)(C#CC1CC1)C(F)(F)F)c1ccccc1. The maximum Gasteiger partial charge on any atom is 0.433 e. The Morgan fingerprint density at radius 3 is 2.45 bits per heavy atom. The first-order chi connectivity index (χ1) is 13.6. The Hall–Kier alpha value is -2.49. The minimum absolute atomic E-state index is 0.00926. The summed E-state index contributed by atoms with van der Waals surface area (Å²) in [5.41, 5.74) is -3.52. The molecule has 1 amide bonds. The first-order valence-corrected chi connectivity index (χ1v) is 9.47. The summed E-state index contributed by atoms with van der Waals surface area (Å²) in [6.07, 6.45) is -3.67. The molecule has 0 radical (unpaired) electrons. The van der Waals surface area contributed by atoms with Crippen molar-refractivity contribution in [3.8, 4) is 11.8 Å². The van der Waals surface area contributed by atoms with E-state index in [0.717, 1.165) is 6.07 Å². The van der Waals surface area contributed by atoms with Gasteiger partial charge in [0.05, 0.1) is 5.92 Å². The molecule has 1 fully saturated rings. The van der Waals surface area contributed by atoms with Crippen LogP contribution in [0.25, 0.3) is 0 Å². The topological polar surface area (TPSA) is 49.3 Å². The van der Waals surface area contributed by atoms with E-state index in [1.165, 1.54) is 12.1 Å². The fraction of sp³-hybridized carbons (Fsp3) is 0.318. The predicted octanol–water partition coefficient (Wildman–Crippen LogP) is 5.25. The molecule has 1 saturated carbocycles. The largest absolute Gasteiger partial charge is 0.433 e. The number of benzene rings is 2. The summed E-state index contributed by atoms with van der Waals surface area (Å²) in [6.45, 7) is 1.64. The number of carbonyl (C=O) groups excluding carboxylic acids is 1. The Balaban J connectivity index is 1.99. The van der Waals surface area contributed by atoms with Gasteiger partial charge in [-0.15, -0.1) is 0 Å². The normalized spacial score (nSPS) is 16.9. The van der Waals surface area contributed by atoms with Gasteiger partial charge in [0.1, 0.15) is 0 Å². The highest BCUT2D eigenvalue weighted by atomic mass is 35.5. The molecule has 0 aliphatic heterocycles. The molecule has 7 heteroatoms. The molecular formula is C22H19ClF3NO2. The van der Waals surface area contributed by atoms with Crippen molar-refractivity contribution in [3.05, 3.63) is 64.7 Å². The highest BCUT2D eigenvalue weighted by molar-refractivity contribution is 6.30. The van der Waals surface area contributed by atoms with Crippen LogP contribution in [0.2, 0.25) is 5.02 Å². The van der Waals surface area contributed by atoms with Gasteiger partial charge in [-0.3, -0.25) is 4.79 Å². The Morgan fingerprint density at radius 1 is 1.21 bits per heavy atom. The third-order valence-corrected chi connectivity index (χ3v) is 5.00. The zero-order valence-corrected chi connectivity index (χ0v) is 16.3. The Kier molecular flexibility index (Phi) is 5.92. The van der Waals surface area contributed by atoms with Gasteiger partial charge in [0.2, 0.25) is 11.5 Å². The van der Waals surface area contributed by atoms with E-state index in [1.807, 2.05) is 5.92 Å². The van der Waals surface area contributed by atoms with E-state index >= 15 is 0 Å². The van der Waals surface area contributed by atoms with E-state index in [2.05, 4.69) is 11.2 Å². The van der Waals surface area contributed by atoms with Crippen LogP contribution >= 0.6 is 11.6 Å². The number of amides is 1. The van der Waals surface area contributed by atoms with E-state index in [-0.39, 0.29) is 16.6 Å². The molecule has 3 rings (SSSR count). The number of hydrogen-bond acceptors (Lipinski definition) is 2. The zero-order chi connectivity index (χ0) is 21.2. The van der Waals surface area contributed by atoms with Crippen LogP contribution in [-0.2, 0) is 10.4 Å². The van der Waals surface area contributed by atoms with Gasteiger partial charge in [0.25, 0.3) is 0 Å². The summed E-state index contributed by atoms with van der Waals surface area (Å²) in [6, 6.07) is 12.4. The maximum absolute atomic E-state index is 13.8. The van der Waals surface area contributed by atoms with Gasteiger partial charge in [-0.2, -0.15) is 13.2 Å². The third-order valence-electron chi connectivity index (χ3n) is 4.77. The minimum atomic E-state index is -5.08. The van der Waals surface area contributed by atoms with Crippen molar-refractivity contribution in [2.45, 2.75) is 37.5 Å². The van der Waals surface area contributed by atoms with Gasteiger partial charge >= 0.3 is 6.18 Å². The Bertz CT molecular complexity index is 962. The molecule has 3 nitrogen and oxygen atoms in total. The number of aliphatic hydroxyl groups is 1. The first-order valence-electron chi connectivity index (χ1n) is 9.09. The Labute approximate surface area is 171 Å². The van der Waals surface area contributed by atoms with Gasteiger partial charge in [0, 0.05) is 22.2 Å². The van der Waals surface area contributed by atoms with Gasteiger partial charge in [0.15, 0.2) is 0 Å². The van der Waals surface area contributed by atoms with Crippen LogP contribution in [0.15, 0.2) is 48.5 Å². The van der Waals surface area contributed by atoms with Crippen LogP contribution in [0.4, 0.5) is 18.9 Å². The van der Waals surface area contributed by atoms with Crippen LogP contribution in [0.1, 0.15) is 36.8 Å². The van der Waals surface area contributed by atoms with E-state index in [0.29, 0.717) is 18.4 Å². The lowest BCUT2D eigenvalue weighted by Gasteiger charge is -2.28. The number of alkyl halides is 3. The molecule has 152 valence electrons. The van der Waals surface area contributed by atoms with Crippen LogP contribution < -0.4 is 5.32 Å². The molecule has 2 aromatic carbocycles. The molecule has 2 atom stereocenters. The molecule has 1 aliphatic rings. The molecule has 0 bridgehead atoms. The number of carbonyl (C=O) groups is 1. The second-order valence-corrected chi connectivity index (χ2v) is 7.50. The van der Waals surface area contributed by atoms with Crippen LogP contribution in [0.5, 0.6) is 0 Å². The predicted molar refractivity (Wildman–Crippen MR) is 105 cm³/mol. The highest BCUT2D eigenvalue weighted by Crippen LogP contribution is 2.43. The standard InChI is InChI=1S/C22H19ClF3NO2/c1-14(16-5-3-2-4-6-16)20(28)27-19-10-9-17(23)13-18(19)21(29,22(24,25)26)12-11-15-7-8-15/h2-6,9-10,13-15,29H,7-8H2,1H3,(H,27,28)/t14?,21-/m0/s1. The smallest absolute Gasteiger partial charge is 0.366 e. The number of hydrogen-bond donors (Lipinski definition) is 2. The fourth-order valence-electron chi connectivity index (χ4n) is 2.78. The molecule has 0 saturated heterocycles. The third kappa shape index (κ3) is 4.75. The van der Waals surface area contributed by atoms with Gasteiger partial charge in [-0.1, -0.05) is 53.8 Å². The van der Waals surface area contributed by atoms with Crippen LogP contribution in [0.3, 0.4) is 0 Å². The van der Waals surface area contributed by atoms with E-state index < -0.39 is 29.2 Å². The van der Waals surface area contributed by atoms with Gasteiger partial charge in [-0.25, -0.2) is 0 Å². The highest BCUT2D eigenvalue weighted by Gasteiger charge is 2.55. The van der Waals surface area contributed by atoms with Gasteiger partial charge < -0.3 is 10.4 Å². The minimum Gasteiger partial charge on any atom is -0.366 e. The fourth-order valence-corrected chi connectivity index (χ4v) is 2.96. The molecule has 0 aromatic heterocycles. The summed E-state index contributed by atoms with van der Waals surface area (Å²) < 4.78 is 41.5. The van der Waals surface area contributed by atoms with Crippen LogP contribution in [-0.4, -0.2) is 17.2 Å². The Morgan fingerprint density at radius 2 is 1.86 bits per heavy atom. The summed E-state index contributed by atoms with van der Waals surface area (Å²) in [7, 11) is 0. The number of nitrogens with one attached hydrogen (secondary N) is 1. The van der Waals surface area contributed by atoms with Crippen molar-refractivity contribution in [2.24, 2.45) is 5.92 Å². The van der Waals surface area contributed by atoms with E-state index in [1.54, 1.807) is 37.3 Å². The lowest BCUT2D eigenvalue weighted by Crippen LogP contribution is -2.42. The number of rotatable bonds is 4. The van der Waals surface area contributed by atoms with Crippen LogP contribution in [0, 0.1) is 17.8 Å². The maximum atomic E-state index is 13.8. The van der Waals surface area contributed by atoms with E-state index in [9.17, 15) is 23.1 Å². The molecule has 29 heavy (non-hydrogen) atoms. The first kappa shape index (κ1) is 21.2. The van der Waals surface area contributed by atoms with E-state index in [4.69, 9.17) is 11.6 Å². The molecular weight excluding hydrogens is 403 g/mol. The second kappa shape index (κ2) is 8.10. The number of halogens is 4. The molecule has 1 unspecified atom stereocenters. The summed E-state index contributed by atoms with van der Waals surface area (Å²) in [4.78, 5) is 12.7. The summed E-state index contributed by atoms with van der Waals surface area (Å²) >= 11 is 5.90. The van der Waals surface area contributed by atoms with Crippen molar-refractivity contribution in [1.82, 2.24) is 0 Å². The average Bonchev–Trinajstić information content (AvgIpc) is 3.51. The lowest BCUT2D eigenvalue weighted by molar-refractivity contribution is -0.240. The molecule has 2 aromatic rings.